The smallest absolute Gasteiger partial charge is 0.269 e. The highest BCUT2D eigenvalue weighted by molar-refractivity contribution is 5.97. The molecule has 3 N–H and O–H groups in total. The van der Waals surface area contributed by atoms with E-state index < -0.39 is 11.9 Å². The number of hydroxylamine groups is 1. The van der Waals surface area contributed by atoms with Gasteiger partial charge in [-0.25, -0.2) is 0 Å². The van der Waals surface area contributed by atoms with Crippen LogP contribution < -0.4 is 10.8 Å². The maximum absolute atomic E-state index is 11.6. The molecule has 19 heavy (non-hydrogen) atoms. The summed E-state index contributed by atoms with van der Waals surface area (Å²) >= 11 is 0. The normalized spacial score (nSPS) is 18.5. The predicted octanol–water partition coefficient (Wildman–Crippen LogP) is 0.537. The van der Waals surface area contributed by atoms with Gasteiger partial charge in [0.05, 0.1) is 12.6 Å². The number of anilines is 1. The number of benzene rings is 1. The Hall–Kier alpha value is -2.18. The number of hydrogen-bond donors (Lipinski definition) is 2. The van der Waals surface area contributed by atoms with E-state index in [1.54, 1.807) is 4.68 Å². The number of carbonyl (C=O) groups is 1. The fourth-order valence-corrected chi connectivity index (χ4v) is 2.21. The van der Waals surface area contributed by atoms with Crippen LogP contribution in [-0.2, 0) is 17.8 Å². The monoisotopic (exact) mass is 258 g/mol. The van der Waals surface area contributed by atoms with Gasteiger partial charge in [0.25, 0.3) is 5.91 Å². The van der Waals surface area contributed by atoms with E-state index in [1.165, 1.54) is 0 Å². The Morgan fingerprint density at radius 1 is 1.37 bits per heavy atom. The molecule has 2 heterocycles. The van der Waals surface area contributed by atoms with Crippen LogP contribution in [0.15, 0.2) is 36.5 Å². The van der Waals surface area contributed by atoms with Gasteiger partial charge in [-0.1, -0.05) is 30.3 Å². The Bertz CT molecular complexity index is 608. The molecule has 1 unspecified atom stereocenters. The van der Waals surface area contributed by atoms with E-state index in [0.29, 0.717) is 18.0 Å². The second-order valence-electron chi connectivity index (χ2n) is 4.62. The molecule has 1 aliphatic rings. The van der Waals surface area contributed by atoms with Gasteiger partial charge in [-0.05, 0) is 5.56 Å². The van der Waals surface area contributed by atoms with Crippen molar-refractivity contribution in [3.8, 4) is 0 Å². The van der Waals surface area contributed by atoms with Crippen LogP contribution in [0.2, 0.25) is 0 Å². The molecule has 1 atom stereocenters. The molecule has 0 radical (unpaired) electrons. The van der Waals surface area contributed by atoms with E-state index in [4.69, 9.17) is 5.73 Å². The minimum atomic E-state index is -0.702. The lowest BCUT2D eigenvalue weighted by atomic mass is 10.1. The fourth-order valence-electron chi connectivity index (χ4n) is 2.21. The van der Waals surface area contributed by atoms with Crippen molar-refractivity contribution in [3.05, 3.63) is 47.7 Å². The van der Waals surface area contributed by atoms with Gasteiger partial charge in [0, 0.05) is 18.2 Å². The summed E-state index contributed by atoms with van der Waals surface area (Å²) in [6.07, 6.45) is 2.22. The van der Waals surface area contributed by atoms with Gasteiger partial charge in [0.2, 0.25) is 0 Å². The molecule has 6 nitrogen and oxygen atoms in total. The highest BCUT2D eigenvalue weighted by Gasteiger charge is 2.32. The van der Waals surface area contributed by atoms with Crippen LogP contribution in [0.25, 0.3) is 0 Å². The van der Waals surface area contributed by atoms with Crippen LogP contribution in [0.5, 0.6) is 0 Å². The lowest BCUT2D eigenvalue weighted by Gasteiger charge is -2.22. The summed E-state index contributed by atoms with van der Waals surface area (Å²) in [5.74, 6) is -0.236. The number of hydrogen-bond acceptors (Lipinski definition) is 4. The van der Waals surface area contributed by atoms with E-state index in [0.717, 1.165) is 11.1 Å². The summed E-state index contributed by atoms with van der Waals surface area (Å²) in [5.41, 5.74) is 7.54. The highest BCUT2D eigenvalue weighted by atomic mass is 16.5. The number of aromatic nitrogens is 2. The molecule has 0 aliphatic carbocycles. The molecule has 1 aromatic carbocycles. The Morgan fingerprint density at radius 3 is 2.84 bits per heavy atom. The van der Waals surface area contributed by atoms with Crippen LogP contribution in [0, 0.1) is 0 Å². The lowest BCUT2D eigenvalue weighted by Crippen LogP contribution is -2.47. The van der Waals surface area contributed by atoms with E-state index in [1.807, 2.05) is 36.5 Å². The van der Waals surface area contributed by atoms with Crippen LogP contribution in [-0.4, -0.2) is 26.9 Å². The first-order chi connectivity index (χ1) is 9.15. The summed E-state index contributed by atoms with van der Waals surface area (Å²) in [7, 11) is 0. The first-order valence-electron chi connectivity index (χ1n) is 6.04. The average Bonchev–Trinajstić information content (AvgIpc) is 2.80. The fraction of sp³-hybridized carbons (Fsp3) is 0.231. The Morgan fingerprint density at radius 2 is 2.11 bits per heavy atom. The molecule has 0 fully saturated rings. The lowest BCUT2D eigenvalue weighted by molar-refractivity contribution is -0.125. The molecule has 2 aromatic rings. The Balaban J connectivity index is 1.89. The minimum absolute atomic E-state index is 0.280. The molecule has 98 valence electrons. The van der Waals surface area contributed by atoms with Crippen molar-refractivity contribution in [1.82, 2.24) is 9.78 Å². The quantitative estimate of drug-likeness (QED) is 0.770. The third-order valence-corrected chi connectivity index (χ3v) is 3.17. The number of nitrogens with zero attached hydrogens (tertiary/aromatic N) is 3. The van der Waals surface area contributed by atoms with Gasteiger partial charge >= 0.3 is 0 Å². The first-order valence-corrected chi connectivity index (χ1v) is 6.04. The topological polar surface area (TPSA) is 84.4 Å². The van der Waals surface area contributed by atoms with Gasteiger partial charge in [0.1, 0.15) is 0 Å². The SMILES string of the molecule is NC1Cc2cn(Cc3ccccc3)nc2N(O)C1=O. The maximum Gasteiger partial charge on any atom is 0.269 e. The molecule has 1 amide bonds. The number of nitrogens with two attached hydrogens (primary N) is 1. The highest BCUT2D eigenvalue weighted by Crippen LogP contribution is 2.24. The van der Waals surface area contributed by atoms with E-state index >= 15 is 0 Å². The Kier molecular flexibility index (Phi) is 2.81. The minimum Gasteiger partial charge on any atom is -0.320 e. The number of amides is 1. The third kappa shape index (κ3) is 2.11. The summed E-state index contributed by atoms with van der Waals surface area (Å²) < 4.78 is 1.70. The standard InChI is InChI=1S/C13H14N4O2/c14-11-6-10-8-16(7-9-4-2-1-3-5-9)15-12(10)17(19)13(11)18/h1-5,8,11,19H,6-7,14H2. The van der Waals surface area contributed by atoms with Crippen LogP contribution in [0.4, 0.5) is 5.82 Å². The molecule has 3 rings (SSSR count). The molecule has 0 saturated carbocycles. The van der Waals surface area contributed by atoms with Gasteiger partial charge < -0.3 is 5.73 Å². The third-order valence-electron chi connectivity index (χ3n) is 3.17. The molecular formula is C13H14N4O2. The average molecular weight is 258 g/mol. The zero-order valence-electron chi connectivity index (χ0n) is 10.2. The van der Waals surface area contributed by atoms with Crippen molar-refractivity contribution in [2.24, 2.45) is 5.73 Å². The molecule has 6 heteroatoms. The number of carbonyl (C=O) groups excluding carboxylic acids is 1. The van der Waals surface area contributed by atoms with Gasteiger partial charge in [-0.15, -0.1) is 0 Å². The van der Waals surface area contributed by atoms with Gasteiger partial charge in [-0.2, -0.15) is 10.2 Å². The molecular weight excluding hydrogens is 244 g/mol. The Labute approximate surface area is 110 Å². The van der Waals surface area contributed by atoms with Crippen molar-refractivity contribution in [2.45, 2.75) is 19.0 Å². The summed E-state index contributed by atoms with van der Waals surface area (Å²) in [6.45, 7) is 0.588. The summed E-state index contributed by atoms with van der Waals surface area (Å²) in [4.78, 5) is 11.6. The van der Waals surface area contributed by atoms with Crippen molar-refractivity contribution in [1.29, 1.82) is 0 Å². The zero-order chi connectivity index (χ0) is 13.4. The summed E-state index contributed by atoms with van der Waals surface area (Å²) in [5, 5.41) is 14.5. The molecule has 0 saturated heterocycles. The molecule has 1 aromatic heterocycles. The van der Waals surface area contributed by atoms with Crippen molar-refractivity contribution >= 4 is 11.7 Å². The van der Waals surface area contributed by atoms with Crippen LogP contribution in [0.1, 0.15) is 11.1 Å². The van der Waals surface area contributed by atoms with Gasteiger partial charge in [0.15, 0.2) is 5.82 Å². The maximum atomic E-state index is 11.6. The van der Waals surface area contributed by atoms with E-state index in [2.05, 4.69) is 5.10 Å². The zero-order valence-corrected chi connectivity index (χ0v) is 10.2. The van der Waals surface area contributed by atoms with Crippen molar-refractivity contribution < 1.29 is 10.0 Å². The predicted molar refractivity (Wildman–Crippen MR) is 68.7 cm³/mol. The van der Waals surface area contributed by atoms with Crippen LogP contribution >= 0.6 is 0 Å². The molecule has 0 bridgehead atoms. The first kappa shape index (κ1) is 11.9. The molecule has 1 aliphatic heterocycles. The second kappa shape index (κ2) is 4.49. The summed E-state index contributed by atoms with van der Waals surface area (Å²) in [6, 6.07) is 9.15. The molecule has 0 spiro atoms. The van der Waals surface area contributed by atoms with Crippen molar-refractivity contribution in [3.63, 3.8) is 0 Å². The van der Waals surface area contributed by atoms with E-state index in [-0.39, 0.29) is 5.82 Å². The van der Waals surface area contributed by atoms with Crippen molar-refractivity contribution in [2.75, 3.05) is 5.06 Å². The number of fused-ring (bicyclic) bond motifs is 1. The van der Waals surface area contributed by atoms with Gasteiger partial charge in [-0.3, -0.25) is 14.7 Å². The van der Waals surface area contributed by atoms with E-state index in [9.17, 15) is 10.0 Å². The largest absolute Gasteiger partial charge is 0.320 e. The van der Waals surface area contributed by atoms with Crippen LogP contribution in [0.3, 0.4) is 0 Å². The second-order valence-corrected chi connectivity index (χ2v) is 4.62. The number of rotatable bonds is 2.